The van der Waals surface area contributed by atoms with Gasteiger partial charge in [-0.25, -0.2) is 9.97 Å². The number of fused-ring (bicyclic) bond motifs is 1. The predicted molar refractivity (Wildman–Crippen MR) is 99.5 cm³/mol. The molecule has 0 spiro atoms. The minimum Gasteiger partial charge on any atom is -0.346 e. The van der Waals surface area contributed by atoms with Crippen molar-refractivity contribution in [1.82, 2.24) is 24.8 Å². The number of hydrogen-bond acceptors (Lipinski definition) is 7. The summed E-state index contributed by atoms with van der Waals surface area (Å²) in [6.07, 6.45) is -2.47. The number of piperazine rings is 1. The average molecular weight is 414 g/mol. The van der Waals surface area contributed by atoms with Crippen molar-refractivity contribution in [1.29, 1.82) is 0 Å². The highest BCUT2D eigenvalue weighted by molar-refractivity contribution is 7.15. The Balaban J connectivity index is 1.44. The van der Waals surface area contributed by atoms with E-state index in [4.69, 9.17) is 0 Å². The maximum atomic E-state index is 12.8. The largest absolute Gasteiger partial charge is 0.449 e. The summed E-state index contributed by atoms with van der Waals surface area (Å²) in [4.78, 5) is 29.8. The van der Waals surface area contributed by atoms with Gasteiger partial charge < -0.3 is 14.8 Å². The first-order valence-corrected chi connectivity index (χ1v) is 9.91. The number of alkyl halides is 3. The molecule has 2 aromatic rings. The molecule has 7 nitrogen and oxygen atoms in total. The van der Waals surface area contributed by atoms with Crippen molar-refractivity contribution in [2.75, 3.05) is 44.7 Å². The van der Waals surface area contributed by atoms with Crippen LogP contribution in [0.4, 0.5) is 18.3 Å². The van der Waals surface area contributed by atoms with Crippen molar-refractivity contribution in [3.05, 3.63) is 38.5 Å². The Labute approximate surface area is 163 Å². The Morgan fingerprint density at radius 3 is 2.68 bits per heavy atom. The zero-order chi connectivity index (χ0) is 19.9. The van der Waals surface area contributed by atoms with Crippen LogP contribution in [0.15, 0.2) is 11.0 Å². The third-order valence-electron chi connectivity index (χ3n) is 5.11. The van der Waals surface area contributed by atoms with Crippen molar-refractivity contribution < 1.29 is 13.2 Å². The van der Waals surface area contributed by atoms with Gasteiger partial charge >= 0.3 is 6.18 Å². The molecule has 0 radical (unpaired) electrons. The monoisotopic (exact) mass is 414 g/mol. The lowest BCUT2D eigenvalue weighted by atomic mass is 10.1. The number of nitrogens with one attached hydrogen (secondary N) is 1. The van der Waals surface area contributed by atoms with Crippen molar-refractivity contribution in [2.24, 2.45) is 0 Å². The van der Waals surface area contributed by atoms with E-state index in [1.165, 1.54) is 0 Å². The van der Waals surface area contributed by atoms with Gasteiger partial charge in [-0.05, 0) is 7.05 Å². The molecule has 1 fully saturated rings. The number of rotatable bonds is 3. The van der Waals surface area contributed by atoms with E-state index in [-0.39, 0.29) is 12.2 Å². The Bertz CT molecular complexity index is 903. The van der Waals surface area contributed by atoms with Gasteiger partial charge in [-0.3, -0.25) is 9.69 Å². The highest BCUT2D eigenvalue weighted by Crippen LogP contribution is 2.28. The zero-order valence-electron chi connectivity index (χ0n) is 15.4. The average Bonchev–Trinajstić information content (AvgIpc) is 3.10. The Morgan fingerprint density at radius 1 is 1.21 bits per heavy atom. The van der Waals surface area contributed by atoms with Gasteiger partial charge in [0.2, 0.25) is 5.82 Å². The van der Waals surface area contributed by atoms with Gasteiger partial charge in [-0.1, -0.05) is 0 Å². The van der Waals surface area contributed by atoms with E-state index in [0.29, 0.717) is 25.1 Å². The van der Waals surface area contributed by atoms with Gasteiger partial charge in [0.1, 0.15) is 0 Å². The molecule has 152 valence electrons. The first-order chi connectivity index (χ1) is 13.3. The number of thiazole rings is 1. The van der Waals surface area contributed by atoms with Crippen LogP contribution in [0, 0.1) is 0 Å². The Kier molecular flexibility index (Phi) is 5.15. The molecular weight excluding hydrogens is 393 g/mol. The zero-order valence-corrected chi connectivity index (χ0v) is 16.2. The smallest absolute Gasteiger partial charge is 0.346 e. The summed E-state index contributed by atoms with van der Waals surface area (Å²) in [7, 11) is 2.10. The second-order valence-corrected chi connectivity index (χ2v) is 8.29. The van der Waals surface area contributed by atoms with Gasteiger partial charge in [-0.15, -0.1) is 11.3 Å². The highest BCUT2D eigenvalue weighted by atomic mass is 32.1. The summed E-state index contributed by atoms with van der Waals surface area (Å²) in [6, 6.07) is 0. The normalized spacial score (nSPS) is 19.1. The molecule has 0 unspecified atom stereocenters. The molecule has 0 saturated carbocycles. The molecule has 4 heterocycles. The fourth-order valence-electron chi connectivity index (χ4n) is 3.48. The highest BCUT2D eigenvalue weighted by Gasteiger charge is 2.36. The van der Waals surface area contributed by atoms with E-state index in [1.807, 2.05) is 16.1 Å². The molecule has 0 atom stereocenters. The number of aromatic nitrogens is 3. The van der Waals surface area contributed by atoms with Crippen LogP contribution < -0.4 is 10.5 Å². The molecule has 0 aliphatic carbocycles. The fourth-order valence-corrected chi connectivity index (χ4v) is 4.49. The maximum Gasteiger partial charge on any atom is 0.449 e. The van der Waals surface area contributed by atoms with E-state index >= 15 is 0 Å². The quantitative estimate of drug-likeness (QED) is 0.822. The number of H-pyrrole nitrogens is 1. The van der Waals surface area contributed by atoms with Gasteiger partial charge in [-0.2, -0.15) is 13.2 Å². The van der Waals surface area contributed by atoms with Crippen molar-refractivity contribution >= 4 is 16.5 Å². The van der Waals surface area contributed by atoms with Crippen LogP contribution in [0.5, 0.6) is 0 Å². The topological polar surface area (TPSA) is 68.4 Å². The lowest BCUT2D eigenvalue weighted by Gasteiger charge is -2.32. The summed E-state index contributed by atoms with van der Waals surface area (Å²) < 4.78 is 38.5. The first-order valence-electron chi connectivity index (χ1n) is 9.09. The molecule has 28 heavy (non-hydrogen) atoms. The van der Waals surface area contributed by atoms with E-state index in [0.717, 1.165) is 36.2 Å². The molecule has 4 rings (SSSR count). The van der Waals surface area contributed by atoms with E-state index in [9.17, 15) is 18.0 Å². The van der Waals surface area contributed by atoms with Crippen molar-refractivity contribution in [2.45, 2.75) is 25.7 Å². The second-order valence-electron chi connectivity index (χ2n) is 7.20. The summed E-state index contributed by atoms with van der Waals surface area (Å²) >= 11 is 1.63. The molecule has 2 aliphatic rings. The number of aromatic amines is 1. The van der Waals surface area contributed by atoms with Gasteiger partial charge in [0, 0.05) is 63.3 Å². The van der Waals surface area contributed by atoms with Crippen LogP contribution in [-0.2, 0) is 25.7 Å². The molecule has 0 aromatic carbocycles. The number of hydrogen-bond donors (Lipinski definition) is 1. The summed E-state index contributed by atoms with van der Waals surface area (Å²) in [5, 5.41) is 0.995. The third-order valence-corrected chi connectivity index (χ3v) is 6.15. The summed E-state index contributed by atoms with van der Waals surface area (Å²) in [6.45, 7) is 5.37. The maximum absolute atomic E-state index is 12.8. The van der Waals surface area contributed by atoms with Crippen LogP contribution >= 0.6 is 11.3 Å². The fraction of sp³-hybridized carbons (Fsp3) is 0.588. The minimum absolute atomic E-state index is 0.245. The van der Waals surface area contributed by atoms with Gasteiger partial charge in [0.25, 0.3) is 5.56 Å². The lowest BCUT2D eigenvalue weighted by molar-refractivity contribution is -0.145. The SMILES string of the molecule is CN1CCN(c2ncc(CN3CCc4nc(C(F)(F)F)[nH]c(=O)c4C3)s2)CC1. The molecular formula is C17H21F3N6OS. The molecule has 2 aliphatic heterocycles. The van der Waals surface area contributed by atoms with E-state index < -0.39 is 17.6 Å². The molecule has 2 aromatic heterocycles. The standard InChI is InChI=1S/C17H21F3N6OS/c1-24-4-6-26(7-5-24)16-21-8-11(28-16)9-25-3-2-13-12(10-25)14(27)23-15(22-13)17(18,19)20/h8H,2-7,9-10H2,1H3,(H,22,23,27). The Hall–Kier alpha value is -1.98. The lowest BCUT2D eigenvalue weighted by Crippen LogP contribution is -2.44. The van der Waals surface area contributed by atoms with Crippen LogP contribution in [0.25, 0.3) is 0 Å². The molecule has 1 N–H and O–H groups in total. The van der Waals surface area contributed by atoms with Crippen LogP contribution in [-0.4, -0.2) is 64.5 Å². The second kappa shape index (κ2) is 7.45. The predicted octanol–water partition coefficient (Wildman–Crippen LogP) is 1.56. The third kappa shape index (κ3) is 4.06. The van der Waals surface area contributed by atoms with E-state index in [1.54, 1.807) is 11.3 Å². The number of nitrogens with zero attached hydrogens (tertiary/aromatic N) is 5. The van der Waals surface area contributed by atoms with Crippen molar-refractivity contribution in [3.8, 4) is 0 Å². The minimum atomic E-state index is -4.65. The Morgan fingerprint density at radius 2 is 1.96 bits per heavy atom. The molecule has 0 bridgehead atoms. The number of likely N-dealkylation sites (N-methyl/N-ethyl adjacent to an activating group) is 1. The summed E-state index contributed by atoms with van der Waals surface area (Å²) in [5.41, 5.74) is -0.137. The molecule has 1 saturated heterocycles. The summed E-state index contributed by atoms with van der Waals surface area (Å²) in [5.74, 6) is -1.22. The number of halogens is 3. The first kappa shape index (κ1) is 19.3. The van der Waals surface area contributed by atoms with E-state index in [2.05, 4.69) is 26.8 Å². The van der Waals surface area contributed by atoms with Crippen LogP contribution in [0.2, 0.25) is 0 Å². The van der Waals surface area contributed by atoms with Crippen molar-refractivity contribution in [3.63, 3.8) is 0 Å². The van der Waals surface area contributed by atoms with Crippen LogP contribution in [0.3, 0.4) is 0 Å². The number of anilines is 1. The van der Waals surface area contributed by atoms with Gasteiger partial charge in [0.05, 0.1) is 11.3 Å². The van der Waals surface area contributed by atoms with Crippen LogP contribution in [0.1, 0.15) is 22.0 Å². The molecule has 0 amide bonds. The van der Waals surface area contributed by atoms with Gasteiger partial charge in [0.15, 0.2) is 5.13 Å². The molecule has 11 heteroatoms.